The molecule has 0 saturated heterocycles. The van der Waals surface area contributed by atoms with Gasteiger partial charge in [0.15, 0.2) is 12.2 Å². The number of aliphatic carboxylic acids is 2. The second kappa shape index (κ2) is 11.9. The fraction of sp³-hybridized carbons (Fsp3) is 0.214. The van der Waals surface area contributed by atoms with Gasteiger partial charge >= 0.3 is 11.9 Å². The van der Waals surface area contributed by atoms with Gasteiger partial charge in [-0.2, -0.15) is 0 Å². The Morgan fingerprint density at radius 1 is 0.842 bits per heavy atom. The van der Waals surface area contributed by atoms with Gasteiger partial charge in [0.05, 0.1) is 6.04 Å². The Labute approximate surface area is 218 Å². The van der Waals surface area contributed by atoms with Crippen LogP contribution in [-0.4, -0.2) is 60.6 Å². The zero-order valence-electron chi connectivity index (χ0n) is 20.5. The van der Waals surface area contributed by atoms with Gasteiger partial charge in [0.1, 0.15) is 6.33 Å². The number of aliphatic hydroxyl groups is 2. The number of hydrogen-bond donors (Lipinski definition) is 6. The van der Waals surface area contributed by atoms with E-state index in [4.69, 9.17) is 20.4 Å². The van der Waals surface area contributed by atoms with Crippen LogP contribution in [0.4, 0.5) is 0 Å². The van der Waals surface area contributed by atoms with E-state index in [1.807, 2.05) is 12.4 Å². The van der Waals surface area contributed by atoms with Crippen molar-refractivity contribution < 1.29 is 30.0 Å². The molecule has 6 N–H and O–H groups in total. The molecule has 0 fully saturated rings. The van der Waals surface area contributed by atoms with Crippen molar-refractivity contribution in [2.45, 2.75) is 37.6 Å². The van der Waals surface area contributed by atoms with E-state index >= 15 is 0 Å². The van der Waals surface area contributed by atoms with E-state index < -0.39 is 24.1 Å². The van der Waals surface area contributed by atoms with Gasteiger partial charge in [-0.3, -0.25) is 5.43 Å². The van der Waals surface area contributed by atoms with Gasteiger partial charge in [-0.05, 0) is 52.4 Å². The highest BCUT2D eigenvalue weighted by Gasteiger charge is 2.29. The molecular formula is C28H28N4O6. The lowest BCUT2D eigenvalue weighted by atomic mass is 9.90. The number of carboxylic acid groups (broad SMARTS) is 2. The second-order valence-corrected chi connectivity index (χ2v) is 9.04. The summed E-state index contributed by atoms with van der Waals surface area (Å²) in [5, 5.41) is 35.1. The predicted octanol–water partition coefficient (Wildman–Crippen LogP) is 2.30. The van der Waals surface area contributed by atoms with Gasteiger partial charge in [0.2, 0.25) is 0 Å². The van der Waals surface area contributed by atoms with E-state index in [0.717, 1.165) is 17.5 Å². The van der Waals surface area contributed by atoms with Crippen molar-refractivity contribution in [1.29, 1.82) is 0 Å². The number of hydrogen-bond acceptors (Lipinski definition) is 8. The summed E-state index contributed by atoms with van der Waals surface area (Å²) in [6.07, 6.45) is 1.74. The number of hydrazine groups is 1. The number of fused-ring (bicyclic) bond motifs is 2. The average molecular weight is 517 g/mol. The lowest BCUT2D eigenvalue weighted by Crippen LogP contribution is -2.40. The molecule has 0 saturated carbocycles. The summed E-state index contributed by atoms with van der Waals surface area (Å²) >= 11 is 0. The van der Waals surface area contributed by atoms with Crippen molar-refractivity contribution in [3.63, 3.8) is 0 Å². The lowest BCUT2D eigenvalue weighted by Gasteiger charge is -2.21. The van der Waals surface area contributed by atoms with Crippen molar-refractivity contribution in [2.75, 3.05) is 0 Å². The zero-order chi connectivity index (χ0) is 27.2. The summed E-state index contributed by atoms with van der Waals surface area (Å²) in [6.45, 7) is 2.21. The molecule has 1 aliphatic rings. The van der Waals surface area contributed by atoms with Gasteiger partial charge in [-0.1, -0.05) is 54.6 Å². The maximum absolute atomic E-state index is 9.77. The third-order valence-electron chi connectivity index (χ3n) is 6.26. The minimum absolute atomic E-state index is 0.102. The normalized spacial score (nSPS) is 18.3. The third kappa shape index (κ3) is 6.18. The molecule has 1 aromatic heterocycles. The number of carboxylic acids is 2. The van der Waals surface area contributed by atoms with Crippen LogP contribution in [0.15, 0.2) is 79.4 Å². The molecule has 1 aliphatic heterocycles. The van der Waals surface area contributed by atoms with Gasteiger partial charge in [-0.15, -0.1) is 0 Å². The topological polar surface area (TPSA) is 165 Å². The Kier molecular flexibility index (Phi) is 8.39. The predicted molar refractivity (Wildman–Crippen MR) is 140 cm³/mol. The summed E-state index contributed by atoms with van der Waals surface area (Å²) in [6, 6.07) is 22.4. The molecule has 0 bridgehead atoms. The number of benzene rings is 3. The standard InChI is InChI=1S/C24H22N4.C4H6O6/c1-16-10-21-12-19(22-13-25-15-26-14-22)8-9-23(21)24(28-27-16)20-7-6-17-4-2-3-5-18(17)11-20;5-1(3(7)8)2(6)4(9)10/h2-9,11-16,24,27-28H,10H2,1H3;1-2,5-6H,(H,7,8)(H,9,10)/t;1-,2-/m.1/s1. The van der Waals surface area contributed by atoms with Crippen molar-refractivity contribution in [3.05, 3.63) is 96.1 Å². The number of nitrogens with one attached hydrogen (secondary N) is 2. The van der Waals surface area contributed by atoms with E-state index in [1.165, 1.54) is 27.5 Å². The molecule has 5 rings (SSSR count). The summed E-state index contributed by atoms with van der Waals surface area (Å²) in [7, 11) is 0. The maximum Gasteiger partial charge on any atom is 0.335 e. The molecule has 3 aromatic carbocycles. The minimum atomic E-state index is -2.27. The molecule has 2 heterocycles. The maximum atomic E-state index is 9.77. The molecule has 4 aromatic rings. The number of carbonyl (C=O) groups is 2. The van der Waals surface area contributed by atoms with E-state index in [1.54, 1.807) is 6.33 Å². The van der Waals surface area contributed by atoms with Crippen LogP contribution in [0.1, 0.15) is 29.7 Å². The largest absolute Gasteiger partial charge is 0.479 e. The Morgan fingerprint density at radius 3 is 2.16 bits per heavy atom. The summed E-state index contributed by atoms with van der Waals surface area (Å²) in [5.41, 5.74) is 13.2. The minimum Gasteiger partial charge on any atom is -0.479 e. The smallest absolute Gasteiger partial charge is 0.335 e. The molecule has 0 radical (unpaired) electrons. The van der Waals surface area contributed by atoms with Gasteiger partial charge < -0.3 is 20.4 Å². The highest BCUT2D eigenvalue weighted by molar-refractivity contribution is 5.83. The van der Waals surface area contributed by atoms with Crippen LogP contribution in [0.3, 0.4) is 0 Å². The van der Waals surface area contributed by atoms with Crippen LogP contribution in [0.5, 0.6) is 0 Å². The molecule has 38 heavy (non-hydrogen) atoms. The van der Waals surface area contributed by atoms with Crippen LogP contribution < -0.4 is 10.9 Å². The molecule has 2 unspecified atom stereocenters. The third-order valence-corrected chi connectivity index (χ3v) is 6.26. The molecule has 4 atom stereocenters. The molecule has 0 amide bonds. The van der Waals surface area contributed by atoms with Crippen molar-refractivity contribution in [1.82, 2.24) is 20.8 Å². The Morgan fingerprint density at radius 2 is 1.50 bits per heavy atom. The number of nitrogens with zero attached hydrogens (tertiary/aromatic N) is 2. The summed E-state index contributed by atoms with van der Waals surface area (Å²) in [5.74, 6) is -3.54. The second-order valence-electron chi connectivity index (χ2n) is 9.04. The van der Waals surface area contributed by atoms with Crippen LogP contribution in [0.25, 0.3) is 21.9 Å². The fourth-order valence-electron chi connectivity index (χ4n) is 4.30. The molecule has 196 valence electrons. The molecule has 10 nitrogen and oxygen atoms in total. The Hall–Kier alpha value is -4.22. The van der Waals surface area contributed by atoms with Crippen LogP contribution >= 0.6 is 0 Å². The van der Waals surface area contributed by atoms with Crippen LogP contribution in [0, 0.1) is 0 Å². The first-order valence-electron chi connectivity index (χ1n) is 11.9. The Bertz CT molecular complexity index is 1410. The SMILES string of the molecule is CC1Cc2cc(-c3cncnc3)ccc2C(c2ccc3ccccc3c2)NN1.O=C(O)[C@H](O)[C@@H](O)C(=O)O. The average Bonchev–Trinajstić information content (AvgIpc) is 3.10. The van der Waals surface area contributed by atoms with Crippen LogP contribution in [0.2, 0.25) is 0 Å². The van der Waals surface area contributed by atoms with Crippen molar-refractivity contribution >= 4 is 22.7 Å². The summed E-state index contributed by atoms with van der Waals surface area (Å²) < 4.78 is 0. The number of rotatable bonds is 5. The first kappa shape index (κ1) is 26.8. The quantitative estimate of drug-likeness (QED) is 0.232. The van der Waals surface area contributed by atoms with E-state index in [9.17, 15) is 9.59 Å². The van der Waals surface area contributed by atoms with E-state index in [2.05, 4.69) is 88.4 Å². The first-order valence-corrected chi connectivity index (χ1v) is 11.9. The van der Waals surface area contributed by atoms with Crippen molar-refractivity contribution in [2.24, 2.45) is 0 Å². The monoisotopic (exact) mass is 516 g/mol. The molecule has 10 heteroatoms. The highest BCUT2D eigenvalue weighted by atomic mass is 16.4. The summed E-state index contributed by atoms with van der Waals surface area (Å²) in [4.78, 5) is 27.9. The van der Waals surface area contributed by atoms with E-state index in [-0.39, 0.29) is 6.04 Å². The van der Waals surface area contributed by atoms with E-state index in [0.29, 0.717) is 6.04 Å². The van der Waals surface area contributed by atoms with Crippen molar-refractivity contribution in [3.8, 4) is 11.1 Å². The van der Waals surface area contributed by atoms with Gasteiger partial charge in [-0.25, -0.2) is 25.0 Å². The number of aromatic nitrogens is 2. The van der Waals surface area contributed by atoms with Crippen LogP contribution in [-0.2, 0) is 16.0 Å². The number of aliphatic hydroxyl groups excluding tert-OH is 2. The molecule has 0 spiro atoms. The van der Waals surface area contributed by atoms with Gasteiger partial charge in [0, 0.05) is 24.0 Å². The molecular weight excluding hydrogens is 488 g/mol. The Balaban J connectivity index is 0.000000289. The molecule has 0 aliphatic carbocycles. The van der Waals surface area contributed by atoms with Gasteiger partial charge in [0.25, 0.3) is 0 Å². The lowest BCUT2D eigenvalue weighted by molar-refractivity contribution is -0.165. The zero-order valence-corrected chi connectivity index (χ0v) is 20.5. The highest BCUT2D eigenvalue weighted by Crippen LogP contribution is 2.32. The fourth-order valence-corrected chi connectivity index (χ4v) is 4.30. The first-order chi connectivity index (χ1) is 18.2.